The van der Waals surface area contributed by atoms with Crippen LogP contribution < -0.4 is 0 Å². The molecule has 0 spiro atoms. The fraction of sp³-hybridized carbons (Fsp3) is 0.600. The standard InChI is InChI=1S/C20H25Cl2NO3/c1-12(2)18-11-26-20(25)23(18)19(24)15(9-13-5-3-4-6-13)14-7-8-16(21)17(22)10-14/h7-8,10,12-13,15,18H,3-6,9,11H2,1-2H3/t15-,18-/m1/s1. The van der Waals surface area contributed by atoms with E-state index in [2.05, 4.69) is 0 Å². The van der Waals surface area contributed by atoms with E-state index in [4.69, 9.17) is 27.9 Å². The third-order valence-corrected chi connectivity index (χ3v) is 6.34. The Labute approximate surface area is 164 Å². The van der Waals surface area contributed by atoms with Crippen molar-refractivity contribution in [2.24, 2.45) is 11.8 Å². The summed E-state index contributed by atoms with van der Waals surface area (Å²) < 4.78 is 5.18. The lowest BCUT2D eigenvalue weighted by Gasteiger charge is -2.28. The summed E-state index contributed by atoms with van der Waals surface area (Å²) in [5.74, 6) is 0.0529. The maximum absolute atomic E-state index is 13.4. The molecule has 2 aliphatic rings. The van der Waals surface area contributed by atoms with Crippen molar-refractivity contribution in [3.63, 3.8) is 0 Å². The first kappa shape index (κ1) is 19.5. The molecule has 6 heteroatoms. The summed E-state index contributed by atoms with van der Waals surface area (Å²) in [6.45, 7) is 4.26. The number of hydrogen-bond donors (Lipinski definition) is 0. The zero-order valence-electron chi connectivity index (χ0n) is 15.2. The van der Waals surface area contributed by atoms with Gasteiger partial charge in [0, 0.05) is 0 Å². The van der Waals surface area contributed by atoms with Crippen LogP contribution >= 0.6 is 23.2 Å². The number of halogens is 2. The number of carbonyl (C=O) groups excluding carboxylic acids is 2. The number of cyclic esters (lactones) is 1. The Bertz CT molecular complexity index is 686. The van der Waals surface area contributed by atoms with Gasteiger partial charge in [-0.05, 0) is 36.0 Å². The van der Waals surface area contributed by atoms with Crippen LogP contribution in [0.5, 0.6) is 0 Å². The molecule has 1 saturated carbocycles. The van der Waals surface area contributed by atoms with Crippen LogP contribution in [0.4, 0.5) is 4.79 Å². The van der Waals surface area contributed by atoms with Crippen molar-refractivity contribution >= 4 is 35.2 Å². The van der Waals surface area contributed by atoms with Gasteiger partial charge in [-0.15, -0.1) is 0 Å². The maximum atomic E-state index is 13.4. The highest BCUT2D eigenvalue weighted by Gasteiger charge is 2.43. The fourth-order valence-corrected chi connectivity index (χ4v) is 4.34. The van der Waals surface area contributed by atoms with Crippen LogP contribution in [0.25, 0.3) is 0 Å². The first-order chi connectivity index (χ1) is 12.4. The fourth-order valence-electron chi connectivity index (χ4n) is 4.04. The number of hydrogen-bond acceptors (Lipinski definition) is 3. The maximum Gasteiger partial charge on any atom is 0.417 e. The predicted molar refractivity (Wildman–Crippen MR) is 103 cm³/mol. The summed E-state index contributed by atoms with van der Waals surface area (Å²) in [6, 6.07) is 5.10. The molecule has 2 fully saturated rings. The zero-order valence-corrected chi connectivity index (χ0v) is 16.7. The minimum Gasteiger partial charge on any atom is -0.447 e. The van der Waals surface area contributed by atoms with E-state index in [0.717, 1.165) is 24.8 Å². The van der Waals surface area contributed by atoms with Gasteiger partial charge in [-0.1, -0.05) is 68.8 Å². The molecule has 1 heterocycles. The second-order valence-electron chi connectivity index (χ2n) is 7.71. The van der Waals surface area contributed by atoms with Gasteiger partial charge < -0.3 is 4.74 Å². The van der Waals surface area contributed by atoms with Crippen LogP contribution in [-0.2, 0) is 9.53 Å². The number of rotatable bonds is 5. The first-order valence-corrected chi connectivity index (χ1v) is 10.1. The summed E-state index contributed by atoms with van der Waals surface area (Å²) in [7, 11) is 0. The van der Waals surface area contributed by atoms with E-state index in [1.807, 2.05) is 19.9 Å². The van der Waals surface area contributed by atoms with Crippen molar-refractivity contribution < 1.29 is 14.3 Å². The molecule has 0 aromatic heterocycles. The predicted octanol–water partition coefficient (Wildman–Crippen LogP) is 5.66. The van der Waals surface area contributed by atoms with Gasteiger partial charge in [-0.2, -0.15) is 0 Å². The molecule has 0 bridgehead atoms. The molecule has 1 saturated heterocycles. The van der Waals surface area contributed by atoms with Gasteiger partial charge in [0.2, 0.25) is 5.91 Å². The van der Waals surface area contributed by atoms with Gasteiger partial charge in [0.15, 0.2) is 0 Å². The van der Waals surface area contributed by atoms with Crippen LogP contribution in [0.1, 0.15) is 57.4 Å². The molecule has 1 aliphatic carbocycles. The van der Waals surface area contributed by atoms with Crippen molar-refractivity contribution in [3.8, 4) is 0 Å². The van der Waals surface area contributed by atoms with Crippen molar-refractivity contribution in [1.29, 1.82) is 0 Å². The van der Waals surface area contributed by atoms with Crippen LogP contribution in [0.3, 0.4) is 0 Å². The molecular formula is C20H25Cl2NO3. The molecular weight excluding hydrogens is 373 g/mol. The highest BCUT2D eigenvalue weighted by molar-refractivity contribution is 6.42. The van der Waals surface area contributed by atoms with E-state index in [0.29, 0.717) is 16.0 Å². The van der Waals surface area contributed by atoms with Crippen molar-refractivity contribution in [1.82, 2.24) is 4.90 Å². The lowest BCUT2D eigenvalue weighted by Crippen LogP contribution is -2.44. The summed E-state index contributed by atoms with van der Waals surface area (Å²) in [4.78, 5) is 27.0. The molecule has 0 radical (unpaired) electrons. The van der Waals surface area contributed by atoms with Crippen LogP contribution in [-0.4, -0.2) is 29.5 Å². The van der Waals surface area contributed by atoms with Gasteiger partial charge in [-0.25, -0.2) is 9.69 Å². The first-order valence-electron chi connectivity index (χ1n) is 9.33. The Hall–Kier alpha value is -1.26. The highest BCUT2D eigenvalue weighted by atomic mass is 35.5. The Morgan fingerprint density at radius 3 is 2.54 bits per heavy atom. The second-order valence-corrected chi connectivity index (χ2v) is 8.52. The quantitative estimate of drug-likeness (QED) is 0.643. The number of ether oxygens (including phenoxy) is 1. The van der Waals surface area contributed by atoms with Crippen LogP contribution in [0.15, 0.2) is 18.2 Å². The molecule has 2 amide bonds. The van der Waals surface area contributed by atoms with Gasteiger partial charge in [0.25, 0.3) is 0 Å². The van der Waals surface area contributed by atoms with Gasteiger partial charge in [0.05, 0.1) is 22.0 Å². The SMILES string of the molecule is CC(C)[C@H]1COC(=O)N1C(=O)[C@H](CC1CCCC1)c1ccc(Cl)c(Cl)c1. The second kappa shape index (κ2) is 8.18. The molecule has 1 aliphatic heterocycles. The monoisotopic (exact) mass is 397 g/mol. The summed E-state index contributed by atoms with van der Waals surface area (Å²) in [6.07, 6.45) is 4.85. The average Bonchev–Trinajstić information content (AvgIpc) is 3.24. The minimum atomic E-state index is -0.537. The van der Waals surface area contributed by atoms with E-state index in [1.165, 1.54) is 17.7 Å². The van der Waals surface area contributed by atoms with E-state index in [1.54, 1.807) is 12.1 Å². The molecule has 2 atom stereocenters. The molecule has 1 aromatic carbocycles. The summed E-state index contributed by atoms with van der Waals surface area (Å²) in [5.41, 5.74) is 0.818. The normalized spacial score (nSPS) is 22.1. The molecule has 0 N–H and O–H groups in total. The molecule has 3 rings (SSSR count). The van der Waals surface area contributed by atoms with E-state index in [9.17, 15) is 9.59 Å². The summed E-state index contributed by atoms with van der Waals surface area (Å²) >= 11 is 12.2. The number of imide groups is 1. The van der Waals surface area contributed by atoms with Crippen molar-refractivity contribution in [2.45, 2.75) is 57.9 Å². The molecule has 142 valence electrons. The minimum absolute atomic E-state index is 0.145. The lowest BCUT2D eigenvalue weighted by atomic mass is 9.86. The third-order valence-electron chi connectivity index (χ3n) is 5.60. The van der Waals surface area contributed by atoms with Gasteiger partial charge in [0.1, 0.15) is 6.61 Å². The number of carbonyl (C=O) groups is 2. The molecule has 0 unspecified atom stereocenters. The van der Waals surface area contributed by atoms with Crippen LogP contribution in [0, 0.1) is 11.8 Å². The number of amides is 2. The molecule has 26 heavy (non-hydrogen) atoms. The topological polar surface area (TPSA) is 46.6 Å². The van der Waals surface area contributed by atoms with Gasteiger partial charge in [-0.3, -0.25) is 4.79 Å². The summed E-state index contributed by atoms with van der Waals surface area (Å²) in [5, 5.41) is 0.890. The van der Waals surface area contributed by atoms with E-state index < -0.39 is 12.0 Å². The molecule has 1 aromatic rings. The van der Waals surface area contributed by atoms with Crippen molar-refractivity contribution in [3.05, 3.63) is 33.8 Å². The number of nitrogens with zero attached hydrogens (tertiary/aromatic N) is 1. The van der Waals surface area contributed by atoms with Crippen LogP contribution in [0.2, 0.25) is 10.0 Å². The lowest BCUT2D eigenvalue weighted by molar-refractivity contribution is -0.131. The molecule has 4 nitrogen and oxygen atoms in total. The third kappa shape index (κ3) is 4.01. The highest BCUT2D eigenvalue weighted by Crippen LogP contribution is 2.38. The van der Waals surface area contributed by atoms with Crippen molar-refractivity contribution in [2.75, 3.05) is 6.61 Å². The smallest absolute Gasteiger partial charge is 0.417 e. The van der Waals surface area contributed by atoms with E-state index >= 15 is 0 Å². The average molecular weight is 398 g/mol. The Balaban J connectivity index is 1.91. The van der Waals surface area contributed by atoms with Gasteiger partial charge >= 0.3 is 6.09 Å². The Kier molecular flexibility index (Phi) is 6.13. The number of benzene rings is 1. The van der Waals surface area contributed by atoms with E-state index in [-0.39, 0.29) is 24.5 Å². The zero-order chi connectivity index (χ0) is 18.8. The largest absolute Gasteiger partial charge is 0.447 e. The Morgan fingerprint density at radius 2 is 1.92 bits per heavy atom. The Morgan fingerprint density at radius 1 is 1.23 bits per heavy atom.